The summed E-state index contributed by atoms with van der Waals surface area (Å²) in [6.45, 7) is 7.39. The van der Waals surface area contributed by atoms with Gasteiger partial charge in [-0.2, -0.15) is 0 Å². The highest BCUT2D eigenvalue weighted by Gasteiger charge is 2.04. The molecule has 0 N–H and O–H groups in total. The summed E-state index contributed by atoms with van der Waals surface area (Å²) in [6.07, 6.45) is 1.68. The van der Waals surface area contributed by atoms with Crippen LogP contribution in [0.5, 0.6) is 0 Å². The highest BCUT2D eigenvalue weighted by atomic mass is 35.5. The normalized spacial score (nSPS) is 12.6. The fourth-order valence-electron chi connectivity index (χ4n) is 0.879. The molecular weight excluding hydrogens is 175 g/mol. The maximum absolute atomic E-state index is 12.7. The van der Waals surface area contributed by atoms with E-state index in [9.17, 15) is 4.39 Å². The lowest BCUT2D eigenvalue weighted by Gasteiger charge is -2.05. The topological polar surface area (TPSA) is 0 Å². The molecule has 0 aliphatic rings. The van der Waals surface area contributed by atoms with Gasteiger partial charge >= 0.3 is 0 Å². The molecule has 0 amide bonds. The third kappa shape index (κ3) is 1.86. The zero-order valence-electron chi connectivity index (χ0n) is 6.56. The predicted molar refractivity (Wildman–Crippen MR) is 49.7 cm³/mol. The van der Waals surface area contributed by atoms with E-state index in [0.717, 1.165) is 5.56 Å². The van der Waals surface area contributed by atoms with E-state index in [-0.39, 0.29) is 10.9 Å². The average Bonchev–Trinajstić information content (AvgIpc) is 2.08. The molecule has 2 heteroatoms. The highest BCUT2D eigenvalue weighted by Crippen LogP contribution is 2.21. The lowest BCUT2D eigenvalue weighted by Crippen LogP contribution is -1.89. The number of hydrogen-bond acceptors (Lipinski definition) is 0. The van der Waals surface area contributed by atoms with Gasteiger partial charge in [-0.3, -0.25) is 0 Å². The van der Waals surface area contributed by atoms with Crippen LogP contribution < -0.4 is 0 Å². The van der Waals surface area contributed by atoms with Gasteiger partial charge in [-0.1, -0.05) is 23.7 Å². The molecule has 0 spiro atoms. The van der Waals surface area contributed by atoms with E-state index in [1.807, 2.05) is 0 Å². The Morgan fingerprint density at radius 2 is 2.17 bits per heavy atom. The molecule has 0 aromatic heterocycles. The Kier molecular flexibility index (Phi) is 2.88. The van der Waals surface area contributed by atoms with Gasteiger partial charge in [0.05, 0.1) is 5.02 Å². The van der Waals surface area contributed by atoms with E-state index in [2.05, 4.69) is 13.5 Å². The number of halogens is 2. The number of hydrogen-bond donors (Lipinski definition) is 0. The third-order valence-electron chi connectivity index (χ3n) is 1.66. The minimum atomic E-state index is -0.406. The average molecular weight is 184 g/mol. The van der Waals surface area contributed by atoms with Gasteiger partial charge < -0.3 is 0 Å². The second-order valence-electron chi connectivity index (χ2n) is 2.52. The molecule has 0 aliphatic carbocycles. The summed E-state index contributed by atoms with van der Waals surface area (Å²) in [5.74, 6) is -0.445. The molecule has 1 radical (unpaired) electrons. The maximum Gasteiger partial charge on any atom is 0.141 e. The van der Waals surface area contributed by atoms with Crippen molar-refractivity contribution in [3.63, 3.8) is 0 Å². The molecule has 0 heterocycles. The summed E-state index contributed by atoms with van der Waals surface area (Å²) < 4.78 is 12.7. The standard InChI is InChI=1S/C10H9ClF/c1-3-7(2)8-4-5-10(12)9(11)6-8/h3-7H,1-2H2. The van der Waals surface area contributed by atoms with Crippen molar-refractivity contribution in [3.05, 3.63) is 54.2 Å². The second-order valence-corrected chi connectivity index (χ2v) is 2.92. The lowest BCUT2D eigenvalue weighted by molar-refractivity contribution is 0.627. The predicted octanol–water partition coefficient (Wildman–Crippen LogP) is 3.58. The fourth-order valence-corrected chi connectivity index (χ4v) is 1.07. The van der Waals surface area contributed by atoms with Gasteiger partial charge in [-0.15, -0.1) is 6.58 Å². The molecule has 12 heavy (non-hydrogen) atoms. The van der Waals surface area contributed by atoms with Crippen LogP contribution in [0.25, 0.3) is 0 Å². The molecule has 0 bridgehead atoms. The Hall–Kier alpha value is -0.820. The van der Waals surface area contributed by atoms with E-state index < -0.39 is 5.82 Å². The Morgan fingerprint density at radius 3 is 2.67 bits per heavy atom. The number of allylic oxidation sites excluding steroid dienone is 1. The van der Waals surface area contributed by atoms with Crippen molar-refractivity contribution in [1.82, 2.24) is 0 Å². The number of benzene rings is 1. The zero-order chi connectivity index (χ0) is 9.14. The summed E-state index contributed by atoms with van der Waals surface area (Å²) in [5.41, 5.74) is 0.872. The Morgan fingerprint density at radius 1 is 1.50 bits per heavy atom. The molecule has 0 aliphatic heterocycles. The van der Waals surface area contributed by atoms with Gasteiger partial charge in [0, 0.05) is 5.92 Å². The largest absolute Gasteiger partial charge is 0.205 e. The lowest BCUT2D eigenvalue weighted by atomic mass is 10.0. The van der Waals surface area contributed by atoms with Crippen LogP contribution in [0.1, 0.15) is 11.5 Å². The van der Waals surface area contributed by atoms with Gasteiger partial charge in [0.15, 0.2) is 0 Å². The minimum absolute atomic E-state index is 0.0388. The first kappa shape index (κ1) is 9.27. The van der Waals surface area contributed by atoms with E-state index >= 15 is 0 Å². The molecule has 0 fully saturated rings. The molecular formula is C10H9ClF. The van der Waals surface area contributed by atoms with Gasteiger partial charge in [0.1, 0.15) is 5.82 Å². The van der Waals surface area contributed by atoms with Gasteiger partial charge in [0.25, 0.3) is 0 Å². The van der Waals surface area contributed by atoms with E-state index in [0.29, 0.717) is 0 Å². The SMILES string of the molecule is [CH2]C(C=C)c1ccc(F)c(Cl)c1. The molecule has 1 aromatic carbocycles. The molecule has 0 saturated heterocycles. The minimum Gasteiger partial charge on any atom is -0.205 e. The van der Waals surface area contributed by atoms with Crippen LogP contribution in [0, 0.1) is 12.7 Å². The summed E-state index contributed by atoms with van der Waals surface area (Å²) >= 11 is 5.58. The molecule has 1 atom stereocenters. The van der Waals surface area contributed by atoms with Crippen molar-refractivity contribution in [1.29, 1.82) is 0 Å². The zero-order valence-corrected chi connectivity index (χ0v) is 7.31. The molecule has 1 unspecified atom stereocenters. The van der Waals surface area contributed by atoms with Crippen LogP contribution in [0.2, 0.25) is 5.02 Å². The Bertz CT molecular complexity index is 294. The van der Waals surface area contributed by atoms with Gasteiger partial charge in [-0.05, 0) is 24.6 Å². The van der Waals surface area contributed by atoms with Crippen LogP contribution in [0.4, 0.5) is 4.39 Å². The molecule has 0 nitrogen and oxygen atoms in total. The smallest absolute Gasteiger partial charge is 0.141 e. The first-order valence-electron chi connectivity index (χ1n) is 3.55. The monoisotopic (exact) mass is 183 g/mol. The first-order valence-corrected chi connectivity index (χ1v) is 3.93. The maximum atomic E-state index is 12.7. The second kappa shape index (κ2) is 3.72. The van der Waals surface area contributed by atoms with E-state index in [4.69, 9.17) is 11.6 Å². The van der Waals surface area contributed by atoms with Crippen LogP contribution in [-0.4, -0.2) is 0 Å². The highest BCUT2D eigenvalue weighted by molar-refractivity contribution is 6.30. The van der Waals surface area contributed by atoms with Crippen molar-refractivity contribution in [2.75, 3.05) is 0 Å². The Labute approximate surface area is 76.7 Å². The van der Waals surface area contributed by atoms with Crippen LogP contribution in [-0.2, 0) is 0 Å². The Balaban J connectivity index is 3.04. The summed E-state index contributed by atoms with van der Waals surface area (Å²) in [6, 6.07) is 4.55. The first-order chi connectivity index (χ1) is 5.65. The number of rotatable bonds is 2. The quantitative estimate of drug-likeness (QED) is 0.615. The van der Waals surface area contributed by atoms with Crippen molar-refractivity contribution >= 4 is 11.6 Å². The van der Waals surface area contributed by atoms with Crippen molar-refractivity contribution in [3.8, 4) is 0 Å². The summed E-state index contributed by atoms with van der Waals surface area (Å²) in [5, 5.41) is 0.128. The summed E-state index contributed by atoms with van der Waals surface area (Å²) in [7, 11) is 0. The van der Waals surface area contributed by atoms with E-state index in [1.54, 1.807) is 18.2 Å². The van der Waals surface area contributed by atoms with Crippen LogP contribution in [0.15, 0.2) is 30.9 Å². The molecule has 1 rings (SSSR count). The molecule has 1 aromatic rings. The van der Waals surface area contributed by atoms with Crippen LogP contribution >= 0.6 is 11.6 Å². The third-order valence-corrected chi connectivity index (χ3v) is 1.95. The molecule has 63 valence electrons. The van der Waals surface area contributed by atoms with E-state index in [1.165, 1.54) is 6.07 Å². The van der Waals surface area contributed by atoms with Crippen molar-refractivity contribution in [2.24, 2.45) is 0 Å². The summed E-state index contributed by atoms with van der Waals surface area (Å²) in [4.78, 5) is 0. The van der Waals surface area contributed by atoms with Crippen LogP contribution in [0.3, 0.4) is 0 Å². The van der Waals surface area contributed by atoms with Crippen molar-refractivity contribution < 1.29 is 4.39 Å². The van der Waals surface area contributed by atoms with Gasteiger partial charge in [0.2, 0.25) is 0 Å². The molecule has 0 saturated carbocycles. The van der Waals surface area contributed by atoms with Crippen molar-refractivity contribution in [2.45, 2.75) is 5.92 Å². The van der Waals surface area contributed by atoms with Gasteiger partial charge in [-0.25, -0.2) is 4.39 Å². The fraction of sp³-hybridized carbons (Fsp3) is 0.100.